The van der Waals surface area contributed by atoms with Crippen molar-refractivity contribution < 1.29 is 9.53 Å². The summed E-state index contributed by atoms with van der Waals surface area (Å²) in [6.45, 7) is 0. The Morgan fingerprint density at radius 2 is 1.83 bits per heavy atom. The second kappa shape index (κ2) is 8.20. The normalized spacial score (nSPS) is 11.1. The quantitative estimate of drug-likeness (QED) is 0.342. The van der Waals surface area contributed by atoms with E-state index in [0.29, 0.717) is 22.1 Å². The van der Waals surface area contributed by atoms with Crippen molar-refractivity contribution in [1.29, 1.82) is 0 Å². The molecule has 2 aromatic carbocycles. The Bertz CT molecular complexity index is 1180. The van der Waals surface area contributed by atoms with Gasteiger partial charge in [0.2, 0.25) is 5.78 Å². The molecule has 0 unspecified atom stereocenters. The number of nitrogens with zero attached hydrogens (tertiary/aromatic N) is 2. The fourth-order valence-corrected chi connectivity index (χ4v) is 3.15. The predicted octanol–water partition coefficient (Wildman–Crippen LogP) is 5.47. The first-order valence-electron chi connectivity index (χ1n) is 9.00. The lowest BCUT2D eigenvalue weighted by atomic mass is 10.1. The fraction of sp³-hybridized carbons (Fsp3) is 0.0435. The van der Waals surface area contributed by atoms with Crippen molar-refractivity contribution >= 4 is 28.7 Å². The van der Waals surface area contributed by atoms with E-state index in [1.807, 2.05) is 60.8 Å². The summed E-state index contributed by atoms with van der Waals surface area (Å²) in [5.74, 6) is 0.614. The zero-order valence-electron chi connectivity index (χ0n) is 15.7. The molecule has 0 aliphatic rings. The number of benzene rings is 2. The zero-order chi connectivity index (χ0) is 20.2. The van der Waals surface area contributed by atoms with Crippen LogP contribution in [0.25, 0.3) is 16.9 Å². The van der Waals surface area contributed by atoms with Gasteiger partial charge in [-0.15, -0.1) is 0 Å². The number of hydrogen-bond acceptors (Lipinski definition) is 4. The number of imidazole rings is 1. The highest BCUT2D eigenvalue weighted by Gasteiger charge is 2.18. The molecule has 0 radical (unpaired) electrons. The van der Waals surface area contributed by atoms with E-state index < -0.39 is 0 Å². The van der Waals surface area contributed by atoms with E-state index in [1.54, 1.807) is 29.8 Å². The molecule has 144 valence electrons. The number of rotatable bonds is 6. The maximum atomic E-state index is 13.0. The second-order valence-electron chi connectivity index (χ2n) is 6.32. The van der Waals surface area contributed by atoms with E-state index >= 15 is 0 Å². The SMILES string of the molecule is COc1ccc(N/C=C\C(=O)c2c(-c3ccc(Cl)cc3)nc3ccccn23)cc1. The maximum Gasteiger partial charge on any atom is 0.206 e. The highest BCUT2D eigenvalue weighted by atomic mass is 35.5. The number of ketones is 1. The highest BCUT2D eigenvalue weighted by molar-refractivity contribution is 6.30. The van der Waals surface area contributed by atoms with Crippen LogP contribution in [0.5, 0.6) is 5.75 Å². The van der Waals surface area contributed by atoms with Crippen molar-refractivity contribution in [2.45, 2.75) is 0 Å². The average molecular weight is 404 g/mol. The number of ether oxygens (including phenoxy) is 1. The van der Waals surface area contributed by atoms with Crippen LogP contribution in [0.3, 0.4) is 0 Å². The standard InChI is InChI=1S/C23H18ClN3O2/c1-29-19-11-9-18(10-12-19)25-14-13-20(28)23-22(16-5-7-17(24)8-6-16)26-21-4-2-3-15-27(21)23/h2-15,25H,1H3/b14-13-. The van der Waals surface area contributed by atoms with Gasteiger partial charge in [-0.25, -0.2) is 4.98 Å². The summed E-state index contributed by atoms with van der Waals surface area (Å²) in [4.78, 5) is 17.7. The van der Waals surface area contributed by atoms with Crippen LogP contribution in [0.2, 0.25) is 5.02 Å². The minimum atomic E-state index is -0.158. The van der Waals surface area contributed by atoms with E-state index in [9.17, 15) is 4.79 Å². The van der Waals surface area contributed by atoms with Gasteiger partial charge in [0.25, 0.3) is 0 Å². The molecule has 2 heterocycles. The molecule has 0 aliphatic carbocycles. The molecule has 2 aromatic heterocycles. The Morgan fingerprint density at radius 3 is 2.55 bits per heavy atom. The van der Waals surface area contributed by atoms with Crippen molar-refractivity contribution in [3.63, 3.8) is 0 Å². The van der Waals surface area contributed by atoms with Crippen molar-refractivity contribution in [3.05, 3.63) is 95.9 Å². The topological polar surface area (TPSA) is 55.6 Å². The predicted molar refractivity (Wildman–Crippen MR) is 116 cm³/mol. The first kappa shape index (κ1) is 18.8. The summed E-state index contributed by atoms with van der Waals surface area (Å²) >= 11 is 6.01. The molecule has 0 atom stereocenters. The molecule has 6 heteroatoms. The van der Waals surface area contributed by atoms with Gasteiger partial charge in [-0.3, -0.25) is 9.20 Å². The van der Waals surface area contributed by atoms with Crippen LogP contribution >= 0.6 is 11.6 Å². The van der Waals surface area contributed by atoms with Gasteiger partial charge in [-0.05, 0) is 48.5 Å². The molecule has 4 rings (SSSR count). The smallest absolute Gasteiger partial charge is 0.206 e. The molecule has 1 N–H and O–H groups in total. The van der Waals surface area contributed by atoms with E-state index in [1.165, 1.54) is 6.08 Å². The number of nitrogens with one attached hydrogen (secondary N) is 1. The molecule has 0 saturated carbocycles. The number of carbonyl (C=O) groups is 1. The monoisotopic (exact) mass is 403 g/mol. The van der Waals surface area contributed by atoms with Crippen molar-refractivity contribution in [1.82, 2.24) is 9.38 Å². The molecule has 0 saturated heterocycles. The van der Waals surface area contributed by atoms with Crippen LogP contribution in [0.1, 0.15) is 10.5 Å². The Kier molecular flexibility index (Phi) is 5.31. The lowest BCUT2D eigenvalue weighted by molar-refractivity contribution is 0.104. The van der Waals surface area contributed by atoms with Crippen LogP contribution in [-0.2, 0) is 0 Å². The Hall–Kier alpha value is -3.57. The second-order valence-corrected chi connectivity index (χ2v) is 6.75. The number of anilines is 1. The maximum absolute atomic E-state index is 13.0. The first-order valence-corrected chi connectivity index (χ1v) is 9.38. The molecule has 29 heavy (non-hydrogen) atoms. The van der Waals surface area contributed by atoms with Crippen molar-refractivity contribution in [2.24, 2.45) is 0 Å². The molecule has 4 aromatic rings. The van der Waals surface area contributed by atoms with Crippen molar-refractivity contribution in [3.8, 4) is 17.0 Å². The van der Waals surface area contributed by atoms with Crippen LogP contribution < -0.4 is 10.1 Å². The number of hydrogen-bond donors (Lipinski definition) is 1. The van der Waals surface area contributed by atoms with E-state index in [0.717, 1.165) is 17.0 Å². The largest absolute Gasteiger partial charge is 0.497 e. The molecular weight excluding hydrogens is 386 g/mol. The number of pyridine rings is 1. The lowest BCUT2D eigenvalue weighted by Gasteiger charge is -2.04. The third-order valence-corrected chi connectivity index (χ3v) is 4.71. The number of carbonyl (C=O) groups excluding carboxylic acids is 1. The van der Waals surface area contributed by atoms with E-state index in [2.05, 4.69) is 10.3 Å². The molecule has 5 nitrogen and oxygen atoms in total. The van der Waals surface area contributed by atoms with Crippen LogP contribution in [0.4, 0.5) is 5.69 Å². The Morgan fingerprint density at radius 1 is 1.07 bits per heavy atom. The van der Waals surface area contributed by atoms with Gasteiger partial charge < -0.3 is 10.1 Å². The third kappa shape index (κ3) is 4.00. The summed E-state index contributed by atoms with van der Waals surface area (Å²) in [5, 5.41) is 3.73. The number of allylic oxidation sites excluding steroid dienone is 1. The van der Waals surface area contributed by atoms with Crippen LogP contribution in [0, 0.1) is 0 Å². The average Bonchev–Trinajstić information content (AvgIpc) is 3.14. The van der Waals surface area contributed by atoms with Gasteiger partial charge in [0.05, 0.1) is 7.11 Å². The minimum Gasteiger partial charge on any atom is -0.497 e. The van der Waals surface area contributed by atoms with Crippen LogP contribution in [0.15, 0.2) is 85.2 Å². The van der Waals surface area contributed by atoms with Gasteiger partial charge in [0, 0.05) is 34.7 Å². The zero-order valence-corrected chi connectivity index (χ0v) is 16.4. The summed E-state index contributed by atoms with van der Waals surface area (Å²) in [6.07, 6.45) is 4.96. The number of aromatic nitrogens is 2. The third-order valence-electron chi connectivity index (χ3n) is 4.46. The summed E-state index contributed by atoms with van der Waals surface area (Å²) < 4.78 is 6.94. The number of fused-ring (bicyclic) bond motifs is 1. The fourth-order valence-electron chi connectivity index (χ4n) is 3.02. The lowest BCUT2D eigenvalue weighted by Crippen LogP contribution is -2.03. The van der Waals surface area contributed by atoms with Gasteiger partial charge in [-0.2, -0.15) is 0 Å². The molecule has 0 fully saturated rings. The van der Waals surface area contributed by atoms with Gasteiger partial charge >= 0.3 is 0 Å². The molecule has 0 bridgehead atoms. The van der Waals surface area contributed by atoms with Gasteiger partial charge in [0.1, 0.15) is 22.8 Å². The molecule has 0 amide bonds. The molecular formula is C23H18ClN3O2. The summed E-state index contributed by atoms with van der Waals surface area (Å²) in [5.41, 5.74) is 3.50. The molecule has 0 aliphatic heterocycles. The first-order chi connectivity index (χ1) is 14.2. The van der Waals surface area contributed by atoms with Gasteiger partial charge in [-0.1, -0.05) is 29.8 Å². The number of halogens is 1. The van der Waals surface area contributed by atoms with Gasteiger partial charge in [0.15, 0.2) is 0 Å². The van der Waals surface area contributed by atoms with E-state index in [-0.39, 0.29) is 5.78 Å². The highest BCUT2D eigenvalue weighted by Crippen LogP contribution is 2.26. The summed E-state index contributed by atoms with van der Waals surface area (Å²) in [7, 11) is 1.62. The Labute approximate surface area is 173 Å². The molecule has 0 spiro atoms. The summed E-state index contributed by atoms with van der Waals surface area (Å²) in [6, 6.07) is 20.4. The van der Waals surface area contributed by atoms with E-state index in [4.69, 9.17) is 16.3 Å². The number of methoxy groups -OCH3 is 1. The van der Waals surface area contributed by atoms with Crippen molar-refractivity contribution in [2.75, 3.05) is 12.4 Å². The minimum absolute atomic E-state index is 0.158. The Balaban J connectivity index is 1.65. The van der Waals surface area contributed by atoms with Crippen LogP contribution in [-0.4, -0.2) is 22.3 Å².